The second kappa shape index (κ2) is 7.09. The quantitative estimate of drug-likeness (QED) is 0.655. The van der Waals surface area contributed by atoms with Crippen LogP contribution in [0.4, 0.5) is 0 Å². The van der Waals surface area contributed by atoms with Crippen molar-refractivity contribution < 1.29 is 5.11 Å². The number of hydrogen-bond donors (Lipinski definition) is 2. The molecule has 3 rings (SSSR count). The summed E-state index contributed by atoms with van der Waals surface area (Å²) in [4.78, 5) is 14.8. The van der Waals surface area contributed by atoms with Gasteiger partial charge < -0.3 is 5.11 Å². The highest BCUT2D eigenvalue weighted by atomic mass is 35.5. The standard InChI is InChI=1S/C19H15ClN2O2S/c1-12-2-4-13(5-3-12)6-11-16-17(23)21-19(25)22(18(16)24)15-9-7-14(20)8-10-15/h2-11,24H,1H3,(H,21,23,25). The summed E-state index contributed by atoms with van der Waals surface area (Å²) in [6.45, 7) is 2.00. The highest BCUT2D eigenvalue weighted by molar-refractivity contribution is 7.71. The zero-order valence-corrected chi connectivity index (χ0v) is 14.9. The fraction of sp³-hybridized carbons (Fsp3) is 0.0526. The van der Waals surface area contributed by atoms with Crippen molar-refractivity contribution in [2.75, 3.05) is 0 Å². The minimum absolute atomic E-state index is 0.109. The largest absolute Gasteiger partial charge is 0.494 e. The van der Waals surface area contributed by atoms with E-state index in [1.807, 2.05) is 31.2 Å². The van der Waals surface area contributed by atoms with Gasteiger partial charge in [0.15, 0.2) is 4.77 Å². The van der Waals surface area contributed by atoms with Crippen molar-refractivity contribution >= 4 is 36.0 Å². The number of rotatable bonds is 3. The summed E-state index contributed by atoms with van der Waals surface area (Å²) in [6, 6.07) is 14.6. The van der Waals surface area contributed by atoms with E-state index in [2.05, 4.69) is 4.98 Å². The molecular weight excluding hydrogens is 356 g/mol. The average Bonchev–Trinajstić information content (AvgIpc) is 2.57. The van der Waals surface area contributed by atoms with E-state index in [1.54, 1.807) is 36.4 Å². The number of aromatic amines is 1. The number of halogens is 1. The third-order valence-electron chi connectivity index (χ3n) is 3.73. The van der Waals surface area contributed by atoms with Gasteiger partial charge in [0.1, 0.15) is 5.56 Å². The molecule has 0 bridgehead atoms. The van der Waals surface area contributed by atoms with E-state index in [0.717, 1.165) is 11.1 Å². The van der Waals surface area contributed by atoms with Crippen molar-refractivity contribution in [3.05, 3.63) is 85.4 Å². The molecule has 0 saturated carbocycles. The molecule has 1 aromatic heterocycles. The highest BCUT2D eigenvalue weighted by Crippen LogP contribution is 2.22. The molecule has 0 fully saturated rings. The van der Waals surface area contributed by atoms with Crippen molar-refractivity contribution in [3.8, 4) is 11.6 Å². The second-order valence-corrected chi connectivity index (χ2v) is 6.38. The van der Waals surface area contributed by atoms with Crippen LogP contribution in [0.25, 0.3) is 17.8 Å². The molecule has 0 saturated heterocycles. The Bertz CT molecular complexity index is 1050. The van der Waals surface area contributed by atoms with Gasteiger partial charge >= 0.3 is 0 Å². The van der Waals surface area contributed by atoms with Gasteiger partial charge in [-0.05, 0) is 55.0 Å². The van der Waals surface area contributed by atoms with Crippen molar-refractivity contribution in [1.82, 2.24) is 9.55 Å². The summed E-state index contributed by atoms with van der Waals surface area (Å²) in [7, 11) is 0. The summed E-state index contributed by atoms with van der Waals surface area (Å²) < 4.78 is 1.50. The van der Waals surface area contributed by atoms with Gasteiger partial charge in [0.2, 0.25) is 5.88 Å². The monoisotopic (exact) mass is 370 g/mol. The van der Waals surface area contributed by atoms with Gasteiger partial charge in [0.05, 0.1) is 5.69 Å². The van der Waals surface area contributed by atoms with Crippen molar-refractivity contribution in [1.29, 1.82) is 0 Å². The van der Waals surface area contributed by atoms with Gasteiger partial charge in [0, 0.05) is 5.02 Å². The third-order valence-corrected chi connectivity index (χ3v) is 4.26. The Morgan fingerprint density at radius 1 is 1.08 bits per heavy atom. The Hall–Kier alpha value is -2.63. The molecule has 4 nitrogen and oxygen atoms in total. The Morgan fingerprint density at radius 2 is 1.72 bits per heavy atom. The Balaban J connectivity index is 2.10. The maximum Gasteiger partial charge on any atom is 0.262 e. The lowest BCUT2D eigenvalue weighted by Gasteiger charge is -2.11. The number of hydrogen-bond acceptors (Lipinski definition) is 3. The molecule has 2 aromatic carbocycles. The average molecular weight is 371 g/mol. The van der Waals surface area contributed by atoms with Gasteiger partial charge in [-0.15, -0.1) is 0 Å². The van der Waals surface area contributed by atoms with Crippen LogP contribution in [0.1, 0.15) is 16.7 Å². The molecule has 0 aliphatic rings. The van der Waals surface area contributed by atoms with E-state index >= 15 is 0 Å². The van der Waals surface area contributed by atoms with Gasteiger partial charge in [-0.3, -0.25) is 14.3 Å². The van der Waals surface area contributed by atoms with Crippen LogP contribution in [0, 0.1) is 11.7 Å². The number of benzene rings is 2. The third kappa shape index (κ3) is 3.73. The molecule has 126 valence electrons. The first-order valence-corrected chi connectivity index (χ1v) is 8.33. The van der Waals surface area contributed by atoms with Crippen LogP contribution >= 0.6 is 23.8 Å². The molecule has 0 radical (unpaired) electrons. The molecule has 1 heterocycles. The molecule has 0 aliphatic heterocycles. The zero-order valence-electron chi connectivity index (χ0n) is 13.4. The van der Waals surface area contributed by atoms with Crippen LogP contribution in [-0.2, 0) is 0 Å². The smallest absolute Gasteiger partial charge is 0.262 e. The van der Waals surface area contributed by atoms with E-state index < -0.39 is 5.56 Å². The minimum Gasteiger partial charge on any atom is -0.494 e. The predicted molar refractivity (Wildman–Crippen MR) is 104 cm³/mol. The predicted octanol–water partition coefficient (Wildman–Crippen LogP) is 4.73. The second-order valence-electron chi connectivity index (χ2n) is 5.55. The van der Waals surface area contributed by atoms with E-state index in [1.165, 1.54) is 4.57 Å². The molecule has 0 aliphatic carbocycles. The number of aromatic hydroxyl groups is 1. The molecule has 3 aromatic rings. The fourth-order valence-electron chi connectivity index (χ4n) is 2.38. The van der Waals surface area contributed by atoms with Crippen LogP contribution < -0.4 is 5.56 Å². The first kappa shape index (κ1) is 17.2. The van der Waals surface area contributed by atoms with Gasteiger partial charge in [-0.1, -0.05) is 47.5 Å². The van der Waals surface area contributed by atoms with E-state index in [-0.39, 0.29) is 16.2 Å². The number of aromatic nitrogens is 2. The molecule has 0 amide bonds. The lowest BCUT2D eigenvalue weighted by molar-refractivity contribution is 0.432. The van der Waals surface area contributed by atoms with Gasteiger partial charge in [0.25, 0.3) is 5.56 Å². The topological polar surface area (TPSA) is 58.0 Å². The first-order valence-electron chi connectivity index (χ1n) is 7.55. The molecule has 0 unspecified atom stereocenters. The number of H-pyrrole nitrogens is 1. The van der Waals surface area contributed by atoms with Crippen molar-refractivity contribution in [2.45, 2.75) is 6.92 Å². The molecule has 2 N–H and O–H groups in total. The first-order chi connectivity index (χ1) is 12.0. The maximum absolute atomic E-state index is 12.2. The summed E-state index contributed by atoms with van der Waals surface area (Å²) in [5.41, 5.74) is 2.35. The molecule has 25 heavy (non-hydrogen) atoms. The SMILES string of the molecule is Cc1ccc(C=Cc2c(O)n(-c3ccc(Cl)cc3)c(=S)[nH]c2=O)cc1. The van der Waals surface area contributed by atoms with E-state index in [9.17, 15) is 9.90 Å². The molecule has 0 atom stereocenters. The van der Waals surface area contributed by atoms with Gasteiger partial charge in [-0.25, -0.2) is 0 Å². The highest BCUT2D eigenvalue weighted by Gasteiger charge is 2.11. The summed E-state index contributed by atoms with van der Waals surface area (Å²) in [5, 5.41) is 11.2. The summed E-state index contributed by atoms with van der Waals surface area (Å²) in [5.74, 6) is -0.223. The fourth-order valence-corrected chi connectivity index (χ4v) is 2.79. The Labute approximate surface area is 154 Å². The Morgan fingerprint density at radius 3 is 2.36 bits per heavy atom. The van der Waals surface area contributed by atoms with E-state index in [4.69, 9.17) is 23.8 Å². The van der Waals surface area contributed by atoms with E-state index in [0.29, 0.717) is 10.7 Å². The van der Waals surface area contributed by atoms with Crippen LogP contribution in [0.2, 0.25) is 5.02 Å². The lowest BCUT2D eigenvalue weighted by Crippen LogP contribution is -2.15. The number of nitrogens with zero attached hydrogens (tertiary/aromatic N) is 1. The molecule has 0 spiro atoms. The summed E-state index contributed by atoms with van der Waals surface area (Å²) in [6.07, 6.45) is 3.33. The minimum atomic E-state index is -0.448. The van der Waals surface area contributed by atoms with Crippen LogP contribution in [0.3, 0.4) is 0 Å². The number of aryl methyl sites for hydroxylation is 1. The van der Waals surface area contributed by atoms with Crippen LogP contribution in [-0.4, -0.2) is 14.7 Å². The Kier molecular flexibility index (Phi) is 4.88. The van der Waals surface area contributed by atoms with Crippen molar-refractivity contribution in [3.63, 3.8) is 0 Å². The van der Waals surface area contributed by atoms with Crippen LogP contribution in [0.5, 0.6) is 5.88 Å². The molecule has 6 heteroatoms. The van der Waals surface area contributed by atoms with Crippen LogP contribution in [0.15, 0.2) is 53.3 Å². The normalized spacial score (nSPS) is 11.1. The number of nitrogens with one attached hydrogen (secondary N) is 1. The summed E-state index contributed by atoms with van der Waals surface area (Å²) >= 11 is 11.1. The maximum atomic E-state index is 12.2. The molecular formula is C19H15ClN2O2S. The zero-order chi connectivity index (χ0) is 18.0. The van der Waals surface area contributed by atoms with Gasteiger partial charge in [-0.2, -0.15) is 0 Å². The van der Waals surface area contributed by atoms with Crippen molar-refractivity contribution in [2.24, 2.45) is 0 Å². The lowest BCUT2D eigenvalue weighted by atomic mass is 10.1.